The summed E-state index contributed by atoms with van der Waals surface area (Å²) in [6, 6.07) is 10.6. The molecule has 1 aliphatic heterocycles. The highest BCUT2D eigenvalue weighted by Crippen LogP contribution is 2.23. The maximum absolute atomic E-state index is 12.4. The SMILES string of the molecule is N#CCc1ccc(S(=O)(=O)N2CCC(C#N)CC2)cc1. The molecule has 6 heteroatoms. The molecule has 104 valence electrons. The van der Waals surface area contributed by atoms with Crippen molar-refractivity contribution in [2.24, 2.45) is 5.92 Å². The van der Waals surface area contributed by atoms with Gasteiger partial charge in [0.1, 0.15) is 0 Å². The summed E-state index contributed by atoms with van der Waals surface area (Å²) in [6.07, 6.45) is 1.44. The second-order valence-corrected chi connectivity index (χ2v) is 6.72. The van der Waals surface area contributed by atoms with E-state index in [0.717, 1.165) is 5.56 Å². The first-order valence-corrected chi connectivity index (χ1v) is 7.87. The molecule has 0 atom stereocenters. The van der Waals surface area contributed by atoms with E-state index in [4.69, 9.17) is 10.5 Å². The number of nitriles is 2. The third kappa shape index (κ3) is 2.98. The molecule has 0 N–H and O–H groups in total. The topological polar surface area (TPSA) is 85.0 Å². The number of rotatable bonds is 3. The molecule has 1 aromatic carbocycles. The monoisotopic (exact) mass is 289 g/mol. The fourth-order valence-corrected chi connectivity index (χ4v) is 3.71. The Morgan fingerprint density at radius 2 is 1.75 bits per heavy atom. The fraction of sp³-hybridized carbons (Fsp3) is 0.429. The normalized spacial score (nSPS) is 17.3. The smallest absolute Gasteiger partial charge is 0.207 e. The van der Waals surface area contributed by atoms with Gasteiger partial charge in [0.2, 0.25) is 10.0 Å². The Hall–Kier alpha value is -1.89. The van der Waals surface area contributed by atoms with Gasteiger partial charge in [-0.15, -0.1) is 0 Å². The Morgan fingerprint density at radius 1 is 1.15 bits per heavy atom. The van der Waals surface area contributed by atoms with Crippen molar-refractivity contribution >= 4 is 10.0 Å². The number of hydrogen-bond acceptors (Lipinski definition) is 4. The Kier molecular flexibility index (Phi) is 4.39. The van der Waals surface area contributed by atoms with E-state index in [-0.39, 0.29) is 17.2 Å². The van der Waals surface area contributed by atoms with Crippen molar-refractivity contribution < 1.29 is 8.42 Å². The molecule has 0 radical (unpaired) electrons. The molecule has 0 unspecified atom stereocenters. The maximum atomic E-state index is 12.4. The summed E-state index contributed by atoms with van der Waals surface area (Å²) in [7, 11) is -3.48. The molecule has 2 rings (SSSR count). The third-order valence-electron chi connectivity index (χ3n) is 3.48. The molecular formula is C14H15N3O2S. The van der Waals surface area contributed by atoms with Crippen molar-refractivity contribution in [1.82, 2.24) is 4.31 Å². The Bertz CT molecular complexity index is 645. The van der Waals surface area contributed by atoms with Crippen LogP contribution in [0.15, 0.2) is 29.2 Å². The van der Waals surface area contributed by atoms with Crippen LogP contribution in [0.5, 0.6) is 0 Å². The Balaban J connectivity index is 2.15. The van der Waals surface area contributed by atoms with Crippen LogP contribution in [0.1, 0.15) is 18.4 Å². The lowest BCUT2D eigenvalue weighted by molar-refractivity contribution is 0.310. The Labute approximate surface area is 119 Å². The highest BCUT2D eigenvalue weighted by molar-refractivity contribution is 7.89. The lowest BCUT2D eigenvalue weighted by Crippen LogP contribution is -2.38. The lowest BCUT2D eigenvalue weighted by atomic mass is 10.0. The van der Waals surface area contributed by atoms with Gasteiger partial charge < -0.3 is 0 Å². The molecule has 1 saturated heterocycles. The van der Waals surface area contributed by atoms with E-state index in [1.165, 1.54) is 4.31 Å². The molecule has 1 aromatic rings. The molecule has 20 heavy (non-hydrogen) atoms. The van der Waals surface area contributed by atoms with E-state index in [1.807, 2.05) is 6.07 Å². The van der Waals surface area contributed by atoms with E-state index in [0.29, 0.717) is 25.9 Å². The standard InChI is InChI=1S/C14H15N3O2S/c15-8-5-12-1-3-14(4-2-12)20(18,19)17-9-6-13(11-16)7-10-17/h1-4,13H,5-7,9-10H2. The summed E-state index contributed by atoms with van der Waals surface area (Å²) in [6.45, 7) is 0.779. The molecular weight excluding hydrogens is 274 g/mol. The van der Waals surface area contributed by atoms with Crippen LogP contribution in [0.2, 0.25) is 0 Å². The van der Waals surface area contributed by atoms with Crippen LogP contribution in [0.3, 0.4) is 0 Å². The van der Waals surface area contributed by atoms with Gasteiger partial charge in [0.15, 0.2) is 0 Å². The maximum Gasteiger partial charge on any atom is 0.243 e. The molecule has 1 fully saturated rings. The number of hydrogen-bond donors (Lipinski definition) is 0. The minimum atomic E-state index is -3.48. The van der Waals surface area contributed by atoms with Gasteiger partial charge in [-0.05, 0) is 30.5 Å². The van der Waals surface area contributed by atoms with Gasteiger partial charge in [-0.2, -0.15) is 14.8 Å². The zero-order chi connectivity index (χ0) is 14.6. The first kappa shape index (κ1) is 14.5. The summed E-state index contributed by atoms with van der Waals surface area (Å²) in [5.41, 5.74) is 0.801. The molecule has 5 nitrogen and oxygen atoms in total. The Morgan fingerprint density at radius 3 is 2.25 bits per heavy atom. The van der Waals surface area contributed by atoms with E-state index in [1.54, 1.807) is 24.3 Å². The number of nitrogens with zero attached hydrogens (tertiary/aromatic N) is 3. The summed E-state index contributed by atoms with van der Waals surface area (Å²) in [5, 5.41) is 17.4. The van der Waals surface area contributed by atoms with Crippen molar-refractivity contribution in [2.75, 3.05) is 13.1 Å². The van der Waals surface area contributed by atoms with Crippen LogP contribution >= 0.6 is 0 Å². The number of piperidine rings is 1. The lowest BCUT2D eigenvalue weighted by Gasteiger charge is -2.28. The average Bonchev–Trinajstić information content (AvgIpc) is 2.48. The number of benzene rings is 1. The van der Waals surface area contributed by atoms with Gasteiger partial charge in [0, 0.05) is 19.0 Å². The van der Waals surface area contributed by atoms with Crippen molar-refractivity contribution in [3.05, 3.63) is 29.8 Å². The van der Waals surface area contributed by atoms with Crippen LogP contribution in [-0.2, 0) is 16.4 Å². The first-order valence-electron chi connectivity index (χ1n) is 6.43. The molecule has 1 aliphatic rings. The second-order valence-electron chi connectivity index (χ2n) is 4.79. The molecule has 0 spiro atoms. The predicted molar refractivity (Wildman–Crippen MR) is 72.9 cm³/mol. The van der Waals surface area contributed by atoms with E-state index >= 15 is 0 Å². The van der Waals surface area contributed by atoms with Crippen molar-refractivity contribution in [3.63, 3.8) is 0 Å². The molecule has 0 aliphatic carbocycles. The summed E-state index contributed by atoms with van der Waals surface area (Å²) in [5.74, 6) is -0.0422. The van der Waals surface area contributed by atoms with Gasteiger partial charge in [-0.25, -0.2) is 8.42 Å². The van der Waals surface area contributed by atoms with Gasteiger partial charge in [-0.1, -0.05) is 12.1 Å². The van der Waals surface area contributed by atoms with E-state index in [9.17, 15) is 8.42 Å². The summed E-state index contributed by atoms with van der Waals surface area (Å²) in [4.78, 5) is 0.245. The zero-order valence-corrected chi connectivity index (χ0v) is 11.8. The predicted octanol–water partition coefficient (Wildman–Crippen LogP) is 1.68. The summed E-state index contributed by atoms with van der Waals surface area (Å²) >= 11 is 0. The van der Waals surface area contributed by atoms with Gasteiger partial charge in [-0.3, -0.25) is 0 Å². The molecule has 1 heterocycles. The average molecular weight is 289 g/mol. The van der Waals surface area contributed by atoms with Crippen LogP contribution in [0, 0.1) is 28.6 Å². The fourth-order valence-electron chi connectivity index (χ4n) is 2.24. The van der Waals surface area contributed by atoms with Gasteiger partial charge >= 0.3 is 0 Å². The first-order chi connectivity index (χ1) is 9.57. The van der Waals surface area contributed by atoms with Gasteiger partial charge in [0.05, 0.1) is 23.5 Å². The quantitative estimate of drug-likeness (QED) is 0.847. The van der Waals surface area contributed by atoms with Crippen LogP contribution in [0.4, 0.5) is 0 Å². The van der Waals surface area contributed by atoms with Crippen LogP contribution in [-0.4, -0.2) is 25.8 Å². The van der Waals surface area contributed by atoms with Gasteiger partial charge in [0.25, 0.3) is 0 Å². The van der Waals surface area contributed by atoms with Crippen molar-refractivity contribution in [1.29, 1.82) is 10.5 Å². The van der Waals surface area contributed by atoms with Crippen molar-refractivity contribution in [2.45, 2.75) is 24.2 Å². The minimum absolute atomic E-state index is 0.0422. The number of sulfonamides is 1. The van der Waals surface area contributed by atoms with Crippen LogP contribution in [0.25, 0.3) is 0 Å². The van der Waals surface area contributed by atoms with E-state index < -0.39 is 10.0 Å². The third-order valence-corrected chi connectivity index (χ3v) is 5.39. The van der Waals surface area contributed by atoms with Crippen molar-refractivity contribution in [3.8, 4) is 12.1 Å². The van der Waals surface area contributed by atoms with Crippen LogP contribution < -0.4 is 0 Å². The minimum Gasteiger partial charge on any atom is -0.207 e. The largest absolute Gasteiger partial charge is 0.243 e. The molecule has 0 bridgehead atoms. The zero-order valence-electron chi connectivity index (χ0n) is 11.0. The molecule has 0 saturated carbocycles. The highest BCUT2D eigenvalue weighted by Gasteiger charge is 2.29. The summed E-state index contributed by atoms with van der Waals surface area (Å²) < 4.78 is 26.3. The highest BCUT2D eigenvalue weighted by atomic mass is 32.2. The second kappa shape index (κ2) is 6.04. The molecule has 0 aromatic heterocycles. The molecule has 0 amide bonds. The van der Waals surface area contributed by atoms with E-state index in [2.05, 4.69) is 6.07 Å².